The fourth-order valence-electron chi connectivity index (χ4n) is 3.61. The number of pyridine rings is 1. The van der Waals surface area contributed by atoms with Crippen LogP contribution in [0.2, 0.25) is 0 Å². The smallest absolute Gasteiger partial charge is 0.270 e. The van der Waals surface area contributed by atoms with E-state index in [4.69, 9.17) is 17.0 Å². The van der Waals surface area contributed by atoms with E-state index < -0.39 is 0 Å². The molecule has 1 aromatic carbocycles. The van der Waals surface area contributed by atoms with Gasteiger partial charge in [0, 0.05) is 33.3 Å². The van der Waals surface area contributed by atoms with Gasteiger partial charge in [-0.05, 0) is 24.1 Å². The number of carbonyl (C=O) groups excluding carboxylic acids is 1. The minimum Gasteiger partial charge on any atom is -0.383 e. The van der Waals surface area contributed by atoms with Gasteiger partial charge in [0.2, 0.25) is 0 Å². The maximum atomic E-state index is 13.0. The molecule has 0 saturated carbocycles. The van der Waals surface area contributed by atoms with Gasteiger partial charge >= 0.3 is 0 Å². The number of carbonyl (C=O) groups is 1. The number of hydrogen-bond acceptors (Lipinski definition) is 7. The van der Waals surface area contributed by atoms with E-state index in [1.165, 1.54) is 21.2 Å². The average molecular weight is 469 g/mol. The number of aromatic nitrogens is 1. The first-order valence-corrected chi connectivity index (χ1v) is 11.2. The van der Waals surface area contributed by atoms with Crippen molar-refractivity contribution in [1.82, 2.24) is 9.47 Å². The van der Waals surface area contributed by atoms with Gasteiger partial charge < -0.3 is 9.64 Å². The molecule has 2 heterocycles. The second kappa shape index (κ2) is 10.1. The summed E-state index contributed by atoms with van der Waals surface area (Å²) in [7, 11) is 5.09. The fourth-order valence-corrected chi connectivity index (χ4v) is 4.90. The Hall–Kier alpha value is -2.93. The first-order valence-electron chi connectivity index (χ1n) is 9.93. The quantitative estimate of drug-likeness (QED) is 0.456. The molecule has 0 aliphatic carbocycles. The highest BCUT2D eigenvalue weighted by molar-refractivity contribution is 8.26. The summed E-state index contributed by atoms with van der Waals surface area (Å²) >= 11 is 6.59. The van der Waals surface area contributed by atoms with Crippen LogP contribution in [0, 0.1) is 18.3 Å². The molecule has 7 nitrogen and oxygen atoms in total. The highest BCUT2D eigenvalue weighted by atomic mass is 32.2. The number of ether oxygens (including phenoxy) is 1. The third-order valence-corrected chi connectivity index (χ3v) is 6.64. The molecular formula is C23H24N4O3S2. The Morgan fingerprint density at radius 1 is 1.28 bits per heavy atom. The van der Waals surface area contributed by atoms with Crippen LogP contribution in [-0.2, 0) is 23.1 Å². The lowest BCUT2D eigenvalue weighted by Gasteiger charge is -2.26. The van der Waals surface area contributed by atoms with E-state index in [0.29, 0.717) is 45.9 Å². The average Bonchev–Trinajstić information content (AvgIpc) is 3.04. The van der Waals surface area contributed by atoms with Gasteiger partial charge in [0.25, 0.3) is 11.5 Å². The van der Waals surface area contributed by atoms with Crippen molar-refractivity contribution in [1.29, 1.82) is 5.26 Å². The summed E-state index contributed by atoms with van der Waals surface area (Å²) in [6, 6.07) is 11.9. The predicted molar refractivity (Wildman–Crippen MR) is 131 cm³/mol. The van der Waals surface area contributed by atoms with E-state index in [1.54, 1.807) is 27.2 Å². The molecule has 166 valence electrons. The molecule has 0 bridgehead atoms. The fraction of sp³-hybridized carbons (Fsp3) is 0.304. The van der Waals surface area contributed by atoms with Gasteiger partial charge in [-0.25, -0.2) is 0 Å². The van der Waals surface area contributed by atoms with Crippen LogP contribution < -0.4 is 10.5 Å². The first-order chi connectivity index (χ1) is 15.3. The van der Waals surface area contributed by atoms with E-state index in [-0.39, 0.29) is 17.0 Å². The third kappa shape index (κ3) is 4.63. The molecule has 0 unspecified atom stereocenters. The van der Waals surface area contributed by atoms with Gasteiger partial charge in [0.1, 0.15) is 21.8 Å². The number of amides is 1. The molecule has 0 spiro atoms. The lowest BCUT2D eigenvalue weighted by atomic mass is 10.0. The topological polar surface area (TPSA) is 78.6 Å². The number of anilines is 1. The van der Waals surface area contributed by atoms with Crippen LogP contribution in [0.5, 0.6) is 0 Å². The van der Waals surface area contributed by atoms with Crippen molar-refractivity contribution in [3.05, 3.63) is 67.8 Å². The SMILES string of the molecule is COCCN1C(=O)C(=Cc2c(C)c(C#N)c(=O)n(C)c2N(C)Cc2ccccc2)SC1=S. The molecule has 1 aliphatic rings. The maximum Gasteiger partial charge on any atom is 0.270 e. The summed E-state index contributed by atoms with van der Waals surface area (Å²) in [5, 5.41) is 9.59. The van der Waals surface area contributed by atoms with Crippen LogP contribution in [0.15, 0.2) is 40.0 Å². The second-order valence-corrected chi connectivity index (χ2v) is 9.06. The Bertz CT molecular complexity index is 1180. The molecule has 1 fully saturated rings. The van der Waals surface area contributed by atoms with Crippen LogP contribution in [0.3, 0.4) is 0 Å². The number of thiocarbonyl (C=S) groups is 1. The molecule has 1 aliphatic heterocycles. The Morgan fingerprint density at radius 3 is 2.59 bits per heavy atom. The Balaban J connectivity index is 2.12. The van der Waals surface area contributed by atoms with Gasteiger partial charge in [-0.3, -0.25) is 19.1 Å². The van der Waals surface area contributed by atoms with E-state index in [9.17, 15) is 14.9 Å². The number of benzene rings is 1. The first kappa shape index (κ1) is 23.7. The maximum absolute atomic E-state index is 13.0. The number of hydrogen-bond donors (Lipinski definition) is 0. The highest BCUT2D eigenvalue weighted by Gasteiger charge is 2.32. The molecule has 9 heteroatoms. The molecule has 1 amide bonds. The summed E-state index contributed by atoms with van der Waals surface area (Å²) in [5.41, 5.74) is 1.94. The van der Waals surface area contributed by atoms with Crippen molar-refractivity contribution in [3.8, 4) is 6.07 Å². The van der Waals surface area contributed by atoms with Gasteiger partial charge in [-0.2, -0.15) is 5.26 Å². The zero-order valence-electron chi connectivity index (χ0n) is 18.4. The van der Waals surface area contributed by atoms with Gasteiger partial charge in [0.05, 0.1) is 18.1 Å². The van der Waals surface area contributed by atoms with E-state index in [1.807, 2.05) is 48.3 Å². The summed E-state index contributed by atoms with van der Waals surface area (Å²) in [6.45, 7) is 3.03. The van der Waals surface area contributed by atoms with Crippen molar-refractivity contribution in [2.75, 3.05) is 32.2 Å². The van der Waals surface area contributed by atoms with Gasteiger partial charge in [0.15, 0.2) is 0 Å². The molecule has 0 N–H and O–H groups in total. The Morgan fingerprint density at radius 2 is 1.97 bits per heavy atom. The zero-order valence-corrected chi connectivity index (χ0v) is 20.0. The molecule has 3 rings (SSSR count). The molecule has 0 atom stereocenters. The number of rotatable bonds is 7. The van der Waals surface area contributed by atoms with Crippen LogP contribution in [0.1, 0.15) is 22.3 Å². The van der Waals surface area contributed by atoms with Crippen LogP contribution >= 0.6 is 24.0 Å². The summed E-state index contributed by atoms with van der Waals surface area (Å²) in [4.78, 5) is 29.7. The highest BCUT2D eigenvalue weighted by Crippen LogP contribution is 2.35. The van der Waals surface area contributed by atoms with Gasteiger partial charge in [-0.15, -0.1) is 0 Å². The van der Waals surface area contributed by atoms with Crippen molar-refractivity contribution in [2.45, 2.75) is 13.5 Å². The number of nitriles is 1. The van der Waals surface area contributed by atoms with E-state index >= 15 is 0 Å². The largest absolute Gasteiger partial charge is 0.383 e. The monoisotopic (exact) mass is 468 g/mol. The molecule has 0 radical (unpaired) electrons. The predicted octanol–water partition coefficient (Wildman–Crippen LogP) is 3.05. The standard InChI is InChI=1S/C23H24N4O3S2/c1-15-17(12-19-22(29)27(10-11-30-4)23(31)32-19)20(26(3)21(28)18(15)13-24)25(2)14-16-8-6-5-7-9-16/h5-9,12H,10-11,14H2,1-4H3. The number of methoxy groups -OCH3 is 1. The van der Waals surface area contributed by atoms with Crippen molar-refractivity contribution in [2.24, 2.45) is 7.05 Å². The van der Waals surface area contributed by atoms with Crippen LogP contribution in [0.4, 0.5) is 5.82 Å². The van der Waals surface area contributed by atoms with Crippen LogP contribution in [-0.4, -0.2) is 47.0 Å². The van der Waals surface area contributed by atoms with E-state index in [2.05, 4.69) is 0 Å². The van der Waals surface area contributed by atoms with Crippen molar-refractivity contribution >= 4 is 46.1 Å². The molecular weight excluding hydrogens is 444 g/mol. The number of nitrogens with zero attached hydrogens (tertiary/aromatic N) is 4. The summed E-state index contributed by atoms with van der Waals surface area (Å²) < 4.78 is 7.00. The van der Waals surface area contributed by atoms with Gasteiger partial charge in [-0.1, -0.05) is 54.3 Å². The molecule has 1 aromatic heterocycles. The second-order valence-electron chi connectivity index (χ2n) is 7.38. The van der Waals surface area contributed by atoms with Crippen molar-refractivity contribution < 1.29 is 9.53 Å². The van der Waals surface area contributed by atoms with E-state index in [0.717, 1.165) is 5.56 Å². The lowest BCUT2D eigenvalue weighted by molar-refractivity contribution is -0.122. The summed E-state index contributed by atoms with van der Waals surface area (Å²) in [6.07, 6.45) is 1.73. The van der Waals surface area contributed by atoms with Crippen LogP contribution in [0.25, 0.3) is 6.08 Å². The minimum atomic E-state index is -0.371. The molecule has 2 aromatic rings. The Labute approximate surface area is 196 Å². The van der Waals surface area contributed by atoms with Crippen molar-refractivity contribution in [3.63, 3.8) is 0 Å². The minimum absolute atomic E-state index is 0.0606. The zero-order chi connectivity index (χ0) is 23.4. The number of thioether (sulfide) groups is 1. The molecule has 32 heavy (non-hydrogen) atoms. The lowest BCUT2D eigenvalue weighted by Crippen LogP contribution is -2.31. The Kier molecular flexibility index (Phi) is 7.51. The molecule has 1 saturated heterocycles. The third-order valence-electron chi connectivity index (χ3n) is 5.26. The summed E-state index contributed by atoms with van der Waals surface area (Å²) in [5.74, 6) is 0.415. The normalized spacial score (nSPS) is 14.8.